The molecule has 108 valence electrons. The highest BCUT2D eigenvalue weighted by atomic mass is 16.5. The molecule has 0 N–H and O–H groups in total. The van der Waals surface area contributed by atoms with Crippen LogP contribution in [-0.2, 0) is 16.0 Å². The van der Waals surface area contributed by atoms with Gasteiger partial charge in [-0.15, -0.1) is 5.10 Å². The molecular formula is C14H25N3O2. The van der Waals surface area contributed by atoms with Crippen LogP contribution in [0.5, 0.6) is 0 Å². The summed E-state index contributed by atoms with van der Waals surface area (Å²) in [4.78, 5) is 0. The van der Waals surface area contributed by atoms with Crippen molar-refractivity contribution in [2.75, 3.05) is 13.2 Å². The van der Waals surface area contributed by atoms with Gasteiger partial charge in [0.1, 0.15) is 0 Å². The molecule has 1 atom stereocenters. The van der Waals surface area contributed by atoms with Crippen LogP contribution < -0.4 is 0 Å². The molecule has 0 amide bonds. The topological polar surface area (TPSA) is 49.2 Å². The summed E-state index contributed by atoms with van der Waals surface area (Å²) in [6.45, 7) is 10.6. The van der Waals surface area contributed by atoms with Gasteiger partial charge in [0.05, 0.1) is 30.6 Å². The first-order valence-electron chi connectivity index (χ1n) is 7.12. The quantitative estimate of drug-likeness (QED) is 0.822. The maximum absolute atomic E-state index is 5.74. The number of aromatic nitrogens is 3. The molecule has 1 aliphatic rings. The third kappa shape index (κ3) is 4.28. The molecule has 1 aromatic rings. The first kappa shape index (κ1) is 14.5. The third-order valence-electron chi connectivity index (χ3n) is 3.44. The Bertz CT molecular complexity index is 401. The van der Waals surface area contributed by atoms with E-state index in [9.17, 15) is 0 Å². The molecule has 0 radical (unpaired) electrons. The highest BCUT2D eigenvalue weighted by molar-refractivity contribution is 5.05. The predicted molar refractivity (Wildman–Crippen MR) is 73.1 cm³/mol. The second kappa shape index (κ2) is 6.01. The van der Waals surface area contributed by atoms with Crippen LogP contribution in [0.4, 0.5) is 0 Å². The fourth-order valence-electron chi connectivity index (χ4n) is 2.48. The molecule has 2 heterocycles. The maximum atomic E-state index is 5.74. The van der Waals surface area contributed by atoms with Crippen LogP contribution >= 0.6 is 0 Å². The number of rotatable bonds is 5. The van der Waals surface area contributed by atoms with Crippen LogP contribution in [0.25, 0.3) is 0 Å². The molecule has 0 aliphatic carbocycles. The van der Waals surface area contributed by atoms with Crippen molar-refractivity contribution < 1.29 is 9.47 Å². The number of hydrogen-bond donors (Lipinski definition) is 0. The predicted octanol–water partition coefficient (Wildman–Crippen LogP) is 2.38. The Kier molecular flexibility index (Phi) is 4.58. The highest BCUT2D eigenvalue weighted by Crippen LogP contribution is 2.34. The molecule has 1 saturated heterocycles. The van der Waals surface area contributed by atoms with E-state index in [2.05, 4.69) is 30.4 Å². The average Bonchev–Trinajstić information content (AvgIpc) is 2.76. The summed E-state index contributed by atoms with van der Waals surface area (Å²) < 4.78 is 13.1. The zero-order valence-corrected chi connectivity index (χ0v) is 12.4. The van der Waals surface area contributed by atoms with Crippen molar-refractivity contribution in [3.05, 3.63) is 11.9 Å². The normalized spacial score (nSPS) is 22.9. The minimum atomic E-state index is -0.0482. The summed E-state index contributed by atoms with van der Waals surface area (Å²) in [5.41, 5.74) is 1.04. The molecule has 0 aromatic carbocycles. The second-order valence-electron chi connectivity index (χ2n) is 6.12. The average molecular weight is 267 g/mol. The smallest absolute Gasteiger partial charge is 0.0859 e. The van der Waals surface area contributed by atoms with E-state index >= 15 is 0 Å². The molecule has 0 saturated carbocycles. The lowest BCUT2D eigenvalue weighted by Crippen LogP contribution is -2.33. The van der Waals surface area contributed by atoms with Gasteiger partial charge in [0.2, 0.25) is 0 Å². The molecule has 0 spiro atoms. The molecule has 1 unspecified atom stereocenters. The van der Waals surface area contributed by atoms with Gasteiger partial charge in [0, 0.05) is 18.7 Å². The Morgan fingerprint density at radius 1 is 1.53 bits per heavy atom. The summed E-state index contributed by atoms with van der Waals surface area (Å²) in [5, 5.41) is 8.49. The standard InChI is InChI=1S/C14H25N3O2/c1-11(2)18-8-6-17-10-13(15-16-17)12-5-7-19-14(3,4)9-12/h10-12H,5-9H2,1-4H3. The third-order valence-corrected chi connectivity index (χ3v) is 3.44. The molecule has 5 heteroatoms. The van der Waals surface area contributed by atoms with Crippen molar-refractivity contribution in [1.29, 1.82) is 0 Å². The van der Waals surface area contributed by atoms with Crippen LogP contribution in [0.3, 0.4) is 0 Å². The highest BCUT2D eigenvalue weighted by Gasteiger charge is 2.31. The van der Waals surface area contributed by atoms with E-state index in [0.29, 0.717) is 12.5 Å². The molecule has 1 aliphatic heterocycles. The molecule has 5 nitrogen and oxygen atoms in total. The zero-order chi connectivity index (χ0) is 13.9. The minimum Gasteiger partial charge on any atom is -0.377 e. The molecule has 19 heavy (non-hydrogen) atoms. The van der Waals surface area contributed by atoms with Crippen LogP contribution in [0.1, 0.15) is 52.1 Å². The molecule has 2 rings (SSSR count). The van der Waals surface area contributed by atoms with Crippen LogP contribution in [0, 0.1) is 0 Å². The van der Waals surface area contributed by atoms with E-state index in [1.165, 1.54) is 0 Å². The van der Waals surface area contributed by atoms with Gasteiger partial charge in [-0.25, -0.2) is 4.68 Å². The van der Waals surface area contributed by atoms with E-state index in [1.807, 2.05) is 18.5 Å². The lowest BCUT2D eigenvalue weighted by atomic mass is 9.86. The number of nitrogens with zero attached hydrogens (tertiary/aromatic N) is 3. The molecule has 0 bridgehead atoms. The van der Waals surface area contributed by atoms with Gasteiger partial charge in [-0.1, -0.05) is 5.21 Å². The Morgan fingerprint density at radius 2 is 2.32 bits per heavy atom. The van der Waals surface area contributed by atoms with Crippen LogP contribution in [-0.4, -0.2) is 39.9 Å². The Morgan fingerprint density at radius 3 is 3.00 bits per heavy atom. The first-order valence-corrected chi connectivity index (χ1v) is 7.12. The van der Waals surface area contributed by atoms with E-state index in [1.54, 1.807) is 0 Å². The fraction of sp³-hybridized carbons (Fsp3) is 0.857. The summed E-state index contributed by atoms with van der Waals surface area (Å²) in [6.07, 6.45) is 4.36. The minimum absolute atomic E-state index is 0.0482. The van der Waals surface area contributed by atoms with Gasteiger partial charge >= 0.3 is 0 Å². The SMILES string of the molecule is CC(C)OCCn1cc(C2CCOC(C)(C)C2)nn1. The van der Waals surface area contributed by atoms with E-state index in [4.69, 9.17) is 9.47 Å². The van der Waals surface area contributed by atoms with Gasteiger partial charge in [0.25, 0.3) is 0 Å². The first-order chi connectivity index (χ1) is 8.96. The van der Waals surface area contributed by atoms with Crippen molar-refractivity contribution in [3.8, 4) is 0 Å². The fourth-order valence-corrected chi connectivity index (χ4v) is 2.48. The lowest BCUT2D eigenvalue weighted by molar-refractivity contribution is -0.0598. The Hall–Kier alpha value is -0.940. The van der Waals surface area contributed by atoms with Crippen molar-refractivity contribution in [3.63, 3.8) is 0 Å². The molecule has 1 fully saturated rings. The van der Waals surface area contributed by atoms with Crippen molar-refractivity contribution >= 4 is 0 Å². The van der Waals surface area contributed by atoms with Crippen molar-refractivity contribution in [1.82, 2.24) is 15.0 Å². The Balaban J connectivity index is 1.89. The van der Waals surface area contributed by atoms with E-state index in [0.717, 1.165) is 31.7 Å². The number of hydrogen-bond acceptors (Lipinski definition) is 4. The van der Waals surface area contributed by atoms with Gasteiger partial charge < -0.3 is 9.47 Å². The largest absolute Gasteiger partial charge is 0.377 e. The number of ether oxygens (including phenoxy) is 2. The van der Waals surface area contributed by atoms with Gasteiger partial charge in [-0.2, -0.15) is 0 Å². The van der Waals surface area contributed by atoms with E-state index < -0.39 is 0 Å². The van der Waals surface area contributed by atoms with Gasteiger partial charge in [-0.3, -0.25) is 0 Å². The van der Waals surface area contributed by atoms with Crippen LogP contribution in [0.15, 0.2) is 6.20 Å². The summed E-state index contributed by atoms with van der Waals surface area (Å²) in [6, 6.07) is 0. The summed E-state index contributed by atoms with van der Waals surface area (Å²) in [5.74, 6) is 0.462. The zero-order valence-electron chi connectivity index (χ0n) is 12.4. The van der Waals surface area contributed by atoms with Gasteiger partial charge in [-0.05, 0) is 40.5 Å². The lowest BCUT2D eigenvalue weighted by Gasteiger charge is -2.34. The Labute approximate surface area is 115 Å². The molecule has 1 aromatic heterocycles. The van der Waals surface area contributed by atoms with Crippen LogP contribution in [0.2, 0.25) is 0 Å². The van der Waals surface area contributed by atoms with Crippen molar-refractivity contribution in [2.24, 2.45) is 0 Å². The summed E-state index contributed by atoms with van der Waals surface area (Å²) >= 11 is 0. The monoisotopic (exact) mass is 267 g/mol. The summed E-state index contributed by atoms with van der Waals surface area (Å²) in [7, 11) is 0. The van der Waals surface area contributed by atoms with Crippen molar-refractivity contribution in [2.45, 2.75) is 64.7 Å². The molecular weight excluding hydrogens is 242 g/mol. The maximum Gasteiger partial charge on any atom is 0.0859 e. The second-order valence-corrected chi connectivity index (χ2v) is 6.12. The van der Waals surface area contributed by atoms with E-state index in [-0.39, 0.29) is 11.7 Å². The van der Waals surface area contributed by atoms with Gasteiger partial charge in [0.15, 0.2) is 0 Å².